The van der Waals surface area contributed by atoms with E-state index in [1.165, 1.54) is 33.2 Å². The number of allylic oxidation sites excluding steroid dienone is 1. The normalized spacial score (nSPS) is 12.4. The number of hydrogen-bond acceptors (Lipinski definition) is 0. The molecule has 1 heteroatoms. The lowest BCUT2D eigenvalue weighted by Gasteiger charge is -2.10. The zero-order valence-corrected chi connectivity index (χ0v) is 12.2. The zero-order chi connectivity index (χ0) is 13.8. The molecule has 2 aromatic carbocycles. The highest BCUT2D eigenvalue weighted by Gasteiger charge is 2.20. The Morgan fingerprint density at radius 1 is 0.737 bits per heavy atom. The second kappa shape index (κ2) is 5.92. The minimum atomic E-state index is 1.34. The number of benzene rings is 2. The highest BCUT2D eigenvalue weighted by Crippen LogP contribution is 2.31. The molecule has 1 radical (unpaired) electrons. The summed E-state index contributed by atoms with van der Waals surface area (Å²) in [5.41, 5.74) is 8.14. The Bertz CT molecular complexity index is 609. The maximum atomic E-state index is 2.27. The SMILES string of the molecule is CC.CC1=C(c2ccccc2C)c2ccccc2[B]1. The summed E-state index contributed by atoms with van der Waals surface area (Å²) in [4.78, 5) is 0. The van der Waals surface area contributed by atoms with Crippen molar-refractivity contribution in [3.05, 3.63) is 70.7 Å². The third-order valence-electron chi connectivity index (χ3n) is 3.41. The fraction of sp³-hybridized carbons (Fsp3) is 0.222. The summed E-state index contributed by atoms with van der Waals surface area (Å²) in [6.07, 6.45) is 0. The van der Waals surface area contributed by atoms with Gasteiger partial charge in [0.15, 0.2) is 7.28 Å². The van der Waals surface area contributed by atoms with Crippen LogP contribution in [0.25, 0.3) is 5.57 Å². The number of fused-ring (bicyclic) bond motifs is 1. The molecule has 0 aromatic heterocycles. The first kappa shape index (κ1) is 13.7. The molecule has 0 saturated heterocycles. The van der Waals surface area contributed by atoms with E-state index in [0.29, 0.717) is 0 Å². The monoisotopic (exact) mass is 247 g/mol. The molecule has 19 heavy (non-hydrogen) atoms. The van der Waals surface area contributed by atoms with Gasteiger partial charge in [-0.25, -0.2) is 0 Å². The van der Waals surface area contributed by atoms with Crippen molar-refractivity contribution in [1.82, 2.24) is 0 Å². The predicted molar refractivity (Wildman–Crippen MR) is 86.1 cm³/mol. The quantitative estimate of drug-likeness (QED) is 0.664. The first-order valence-corrected chi connectivity index (χ1v) is 6.98. The molecular formula is C18H20B. The Morgan fingerprint density at radius 3 is 2.00 bits per heavy atom. The fourth-order valence-electron chi connectivity index (χ4n) is 2.58. The third kappa shape index (κ3) is 2.51. The van der Waals surface area contributed by atoms with Gasteiger partial charge in [-0.1, -0.05) is 80.2 Å². The lowest BCUT2D eigenvalue weighted by molar-refractivity contribution is 1.41. The Kier molecular flexibility index (Phi) is 4.26. The van der Waals surface area contributed by atoms with Crippen molar-refractivity contribution >= 4 is 18.3 Å². The Morgan fingerprint density at radius 2 is 1.32 bits per heavy atom. The predicted octanol–water partition coefficient (Wildman–Crippen LogP) is 4.14. The van der Waals surface area contributed by atoms with Gasteiger partial charge in [0.2, 0.25) is 0 Å². The molecule has 0 bridgehead atoms. The minimum absolute atomic E-state index is 1.34. The average Bonchev–Trinajstić information content (AvgIpc) is 2.78. The van der Waals surface area contributed by atoms with Crippen LogP contribution in [0.5, 0.6) is 0 Å². The van der Waals surface area contributed by atoms with Gasteiger partial charge in [-0.05, 0) is 29.2 Å². The molecule has 0 unspecified atom stereocenters. The van der Waals surface area contributed by atoms with Gasteiger partial charge in [0, 0.05) is 0 Å². The highest BCUT2D eigenvalue weighted by atomic mass is 14.2. The summed E-state index contributed by atoms with van der Waals surface area (Å²) in [7, 11) is 2.27. The Labute approximate surface area is 117 Å². The molecule has 0 atom stereocenters. The average molecular weight is 247 g/mol. The van der Waals surface area contributed by atoms with E-state index in [1.54, 1.807) is 0 Å². The second-order valence-electron chi connectivity index (χ2n) is 4.60. The highest BCUT2D eigenvalue weighted by molar-refractivity contribution is 6.66. The van der Waals surface area contributed by atoms with Gasteiger partial charge in [0.05, 0.1) is 0 Å². The van der Waals surface area contributed by atoms with Crippen LogP contribution >= 0.6 is 0 Å². The van der Waals surface area contributed by atoms with Crippen molar-refractivity contribution in [2.45, 2.75) is 27.7 Å². The van der Waals surface area contributed by atoms with E-state index in [1.807, 2.05) is 13.8 Å². The van der Waals surface area contributed by atoms with Crippen molar-refractivity contribution in [1.29, 1.82) is 0 Å². The van der Waals surface area contributed by atoms with Crippen LogP contribution in [-0.4, -0.2) is 7.28 Å². The van der Waals surface area contributed by atoms with Crippen molar-refractivity contribution in [3.63, 3.8) is 0 Å². The summed E-state index contributed by atoms with van der Waals surface area (Å²) in [6, 6.07) is 17.2. The molecular weight excluding hydrogens is 227 g/mol. The van der Waals surface area contributed by atoms with E-state index in [-0.39, 0.29) is 0 Å². The lowest BCUT2D eigenvalue weighted by Crippen LogP contribution is -2.12. The molecule has 2 aromatic rings. The van der Waals surface area contributed by atoms with Gasteiger partial charge in [0.25, 0.3) is 0 Å². The van der Waals surface area contributed by atoms with Crippen LogP contribution in [0.15, 0.2) is 54.0 Å². The smallest absolute Gasteiger partial charge is 0.0972 e. The molecule has 0 amide bonds. The van der Waals surface area contributed by atoms with Crippen LogP contribution in [0.2, 0.25) is 0 Å². The van der Waals surface area contributed by atoms with Crippen molar-refractivity contribution < 1.29 is 0 Å². The van der Waals surface area contributed by atoms with Crippen LogP contribution in [0, 0.1) is 6.92 Å². The van der Waals surface area contributed by atoms with E-state index >= 15 is 0 Å². The van der Waals surface area contributed by atoms with E-state index in [4.69, 9.17) is 0 Å². The zero-order valence-electron chi connectivity index (χ0n) is 12.2. The van der Waals surface area contributed by atoms with Crippen LogP contribution in [0.3, 0.4) is 0 Å². The number of rotatable bonds is 1. The molecule has 3 rings (SSSR count). The van der Waals surface area contributed by atoms with E-state index < -0.39 is 0 Å². The minimum Gasteiger partial charge on any atom is -0.0972 e. The van der Waals surface area contributed by atoms with Gasteiger partial charge >= 0.3 is 0 Å². The van der Waals surface area contributed by atoms with E-state index in [2.05, 4.69) is 69.7 Å². The van der Waals surface area contributed by atoms with Gasteiger partial charge in [0.1, 0.15) is 0 Å². The summed E-state index contributed by atoms with van der Waals surface area (Å²) in [6.45, 7) is 8.37. The van der Waals surface area contributed by atoms with Crippen molar-refractivity contribution in [2.75, 3.05) is 0 Å². The molecule has 0 N–H and O–H groups in total. The summed E-state index contributed by atoms with van der Waals surface area (Å²) in [5, 5.41) is 0. The van der Waals surface area contributed by atoms with Crippen LogP contribution in [0.4, 0.5) is 0 Å². The first-order valence-electron chi connectivity index (χ1n) is 6.98. The van der Waals surface area contributed by atoms with Gasteiger partial charge in [-0.3, -0.25) is 0 Å². The largest absolute Gasteiger partial charge is 0.187 e. The van der Waals surface area contributed by atoms with Gasteiger partial charge in [-0.2, -0.15) is 0 Å². The number of aryl methyl sites for hydroxylation is 1. The Hall–Kier alpha value is -1.76. The van der Waals surface area contributed by atoms with E-state index in [9.17, 15) is 0 Å². The second-order valence-corrected chi connectivity index (χ2v) is 4.60. The standard InChI is InChI=1S/C16H14B.C2H6/c1-11-7-3-4-8-13(11)16-12(2)17-15-10-6-5-9-14(15)16;1-2/h3-10H,1-2H3;1-2H3. The maximum absolute atomic E-state index is 2.27. The number of hydrogen-bond donors (Lipinski definition) is 0. The molecule has 95 valence electrons. The van der Waals surface area contributed by atoms with Gasteiger partial charge in [-0.15, -0.1) is 0 Å². The summed E-state index contributed by atoms with van der Waals surface area (Å²) < 4.78 is 0. The third-order valence-corrected chi connectivity index (χ3v) is 3.41. The molecule has 0 spiro atoms. The lowest BCUT2D eigenvalue weighted by atomic mass is 9.67. The van der Waals surface area contributed by atoms with Gasteiger partial charge < -0.3 is 0 Å². The van der Waals surface area contributed by atoms with Crippen LogP contribution < -0.4 is 5.46 Å². The first-order chi connectivity index (χ1) is 9.27. The van der Waals surface area contributed by atoms with Crippen molar-refractivity contribution in [3.8, 4) is 0 Å². The molecule has 0 saturated carbocycles. The molecule has 1 heterocycles. The maximum Gasteiger partial charge on any atom is 0.187 e. The van der Waals surface area contributed by atoms with E-state index in [0.717, 1.165) is 0 Å². The topological polar surface area (TPSA) is 0 Å². The van der Waals surface area contributed by atoms with Crippen LogP contribution in [-0.2, 0) is 0 Å². The molecule has 0 aliphatic carbocycles. The summed E-state index contributed by atoms with van der Waals surface area (Å²) in [5.74, 6) is 0. The van der Waals surface area contributed by atoms with Crippen LogP contribution in [0.1, 0.15) is 37.5 Å². The summed E-state index contributed by atoms with van der Waals surface area (Å²) >= 11 is 0. The fourth-order valence-corrected chi connectivity index (χ4v) is 2.58. The van der Waals surface area contributed by atoms with Crippen molar-refractivity contribution in [2.24, 2.45) is 0 Å². The Balaban J connectivity index is 0.000000637. The molecule has 1 aliphatic rings. The molecule has 0 fully saturated rings. The molecule has 1 aliphatic heterocycles. The molecule has 0 nitrogen and oxygen atoms in total.